The van der Waals surface area contributed by atoms with E-state index in [1.54, 1.807) is 0 Å². The molecule has 1 atom stereocenters. The summed E-state index contributed by atoms with van der Waals surface area (Å²) in [6.07, 6.45) is 1.40. The lowest BCUT2D eigenvalue weighted by Crippen LogP contribution is -2.22. The lowest BCUT2D eigenvalue weighted by molar-refractivity contribution is -0.305. The van der Waals surface area contributed by atoms with Crippen LogP contribution >= 0.6 is 11.3 Å². The van der Waals surface area contributed by atoms with Crippen LogP contribution in [0, 0.1) is 0 Å². The predicted octanol–water partition coefficient (Wildman–Crippen LogP) is 3.18. The standard InChI is InChI=1S/C18H22N2O3S/c1-3-12(2)13-7-9-14(10-8-13)15-11-24-18(19-15)20-16(21)5-4-6-17(22)23/h7-12H,3-6H2,1-2H3,(H,22,23)(H,19,20,21)/p-1/t12-/m0/s1. The summed E-state index contributed by atoms with van der Waals surface area (Å²) in [5.41, 5.74) is 3.13. The molecule has 0 unspecified atom stereocenters. The third-order valence-corrected chi connectivity index (χ3v) is 4.68. The van der Waals surface area contributed by atoms with Gasteiger partial charge in [-0.25, -0.2) is 4.98 Å². The fourth-order valence-corrected chi connectivity index (χ4v) is 2.99. The van der Waals surface area contributed by atoms with Crippen molar-refractivity contribution in [1.82, 2.24) is 4.98 Å². The average molecular weight is 345 g/mol. The number of aromatic nitrogens is 1. The third kappa shape index (κ3) is 5.16. The van der Waals surface area contributed by atoms with Gasteiger partial charge in [0.05, 0.1) is 5.69 Å². The quantitative estimate of drug-likeness (QED) is 0.796. The Hall–Kier alpha value is -2.21. The maximum atomic E-state index is 11.7. The minimum atomic E-state index is -1.14. The molecule has 1 aromatic heterocycles. The van der Waals surface area contributed by atoms with Crippen molar-refractivity contribution in [1.29, 1.82) is 0 Å². The summed E-state index contributed by atoms with van der Waals surface area (Å²) in [6, 6.07) is 8.31. The van der Waals surface area contributed by atoms with E-state index in [9.17, 15) is 14.7 Å². The Balaban J connectivity index is 1.95. The SMILES string of the molecule is CC[C@H](C)c1ccc(-c2csc(NC(=O)CCCC(=O)[O-])n2)cc1. The first-order valence-electron chi connectivity index (χ1n) is 8.05. The zero-order valence-corrected chi connectivity index (χ0v) is 14.7. The van der Waals surface area contributed by atoms with Gasteiger partial charge in [-0.15, -0.1) is 11.3 Å². The number of amides is 1. The van der Waals surface area contributed by atoms with Gasteiger partial charge in [-0.3, -0.25) is 4.79 Å². The number of nitrogens with one attached hydrogen (secondary N) is 1. The van der Waals surface area contributed by atoms with Crippen LogP contribution in [0.25, 0.3) is 11.3 Å². The van der Waals surface area contributed by atoms with Gasteiger partial charge in [0, 0.05) is 23.3 Å². The molecule has 0 aliphatic rings. The van der Waals surface area contributed by atoms with Crippen LogP contribution in [-0.2, 0) is 9.59 Å². The van der Waals surface area contributed by atoms with Gasteiger partial charge in [-0.05, 0) is 30.7 Å². The Bertz CT molecular complexity index is 695. The van der Waals surface area contributed by atoms with Crippen molar-refractivity contribution < 1.29 is 14.7 Å². The summed E-state index contributed by atoms with van der Waals surface area (Å²) in [7, 11) is 0. The Labute approximate surface area is 145 Å². The second-order valence-corrected chi connectivity index (χ2v) is 6.60. The molecule has 24 heavy (non-hydrogen) atoms. The molecule has 0 saturated heterocycles. The van der Waals surface area contributed by atoms with Gasteiger partial charge in [0.15, 0.2) is 5.13 Å². The number of nitrogens with zero attached hydrogens (tertiary/aromatic N) is 1. The Morgan fingerprint density at radius 3 is 2.58 bits per heavy atom. The zero-order chi connectivity index (χ0) is 17.5. The van der Waals surface area contributed by atoms with E-state index in [0.29, 0.717) is 11.0 Å². The highest BCUT2D eigenvalue weighted by Gasteiger charge is 2.09. The molecule has 0 fully saturated rings. The summed E-state index contributed by atoms with van der Waals surface area (Å²) in [5.74, 6) is -0.838. The van der Waals surface area contributed by atoms with Crippen LogP contribution in [0.4, 0.5) is 5.13 Å². The average Bonchev–Trinajstić information content (AvgIpc) is 3.02. The number of thiazole rings is 1. The molecule has 1 aromatic carbocycles. The minimum Gasteiger partial charge on any atom is -0.550 e. The Kier molecular flexibility index (Phi) is 6.49. The number of aliphatic carboxylic acids is 1. The Morgan fingerprint density at radius 1 is 1.25 bits per heavy atom. The van der Waals surface area contributed by atoms with Crippen LogP contribution in [0.3, 0.4) is 0 Å². The predicted molar refractivity (Wildman–Crippen MR) is 93.7 cm³/mol. The fourth-order valence-electron chi connectivity index (χ4n) is 2.26. The molecule has 6 heteroatoms. The summed E-state index contributed by atoms with van der Waals surface area (Å²) < 4.78 is 0. The summed E-state index contributed by atoms with van der Waals surface area (Å²) in [6.45, 7) is 4.37. The molecule has 2 rings (SSSR count). The second kappa shape index (κ2) is 8.59. The summed E-state index contributed by atoms with van der Waals surface area (Å²) in [5, 5.41) is 15.5. The summed E-state index contributed by atoms with van der Waals surface area (Å²) >= 11 is 1.36. The first-order chi connectivity index (χ1) is 11.5. The van der Waals surface area contributed by atoms with Gasteiger partial charge in [0.2, 0.25) is 5.91 Å². The van der Waals surface area contributed by atoms with Crippen molar-refractivity contribution in [2.24, 2.45) is 0 Å². The molecule has 128 valence electrons. The molecule has 1 heterocycles. The molecule has 0 spiro atoms. The maximum Gasteiger partial charge on any atom is 0.226 e. The normalized spacial score (nSPS) is 11.9. The van der Waals surface area contributed by atoms with E-state index in [1.807, 2.05) is 17.5 Å². The third-order valence-electron chi connectivity index (χ3n) is 3.92. The van der Waals surface area contributed by atoms with Crippen molar-refractivity contribution >= 4 is 28.3 Å². The number of carbonyl (C=O) groups is 2. The molecule has 0 bridgehead atoms. The molecule has 0 aliphatic carbocycles. The smallest absolute Gasteiger partial charge is 0.226 e. The molecule has 1 N–H and O–H groups in total. The fraction of sp³-hybridized carbons (Fsp3) is 0.389. The van der Waals surface area contributed by atoms with Crippen molar-refractivity contribution in [3.05, 3.63) is 35.2 Å². The van der Waals surface area contributed by atoms with Gasteiger partial charge >= 0.3 is 0 Å². The first kappa shape index (κ1) is 18.1. The van der Waals surface area contributed by atoms with Crippen LogP contribution < -0.4 is 10.4 Å². The number of rotatable bonds is 8. The van der Waals surface area contributed by atoms with Crippen LogP contribution in [0.5, 0.6) is 0 Å². The number of hydrogen-bond acceptors (Lipinski definition) is 5. The molecule has 2 aromatic rings. The highest BCUT2D eigenvalue weighted by Crippen LogP contribution is 2.27. The Morgan fingerprint density at radius 2 is 1.96 bits per heavy atom. The highest BCUT2D eigenvalue weighted by atomic mass is 32.1. The van der Waals surface area contributed by atoms with Gasteiger partial charge in [-0.1, -0.05) is 38.1 Å². The van der Waals surface area contributed by atoms with Crippen LogP contribution in [0.2, 0.25) is 0 Å². The topological polar surface area (TPSA) is 82.1 Å². The molecular weight excluding hydrogens is 324 g/mol. The summed E-state index contributed by atoms with van der Waals surface area (Å²) in [4.78, 5) is 26.5. The molecule has 0 aliphatic heterocycles. The van der Waals surface area contributed by atoms with Crippen LogP contribution in [-0.4, -0.2) is 16.9 Å². The number of carboxylic acid groups (broad SMARTS) is 1. The van der Waals surface area contributed by atoms with Crippen molar-refractivity contribution in [3.63, 3.8) is 0 Å². The van der Waals surface area contributed by atoms with Gasteiger partial charge in [0.25, 0.3) is 0 Å². The lowest BCUT2D eigenvalue weighted by Gasteiger charge is -2.08. The minimum absolute atomic E-state index is 0.112. The van der Waals surface area contributed by atoms with E-state index < -0.39 is 5.97 Å². The van der Waals surface area contributed by atoms with E-state index in [-0.39, 0.29) is 25.2 Å². The van der Waals surface area contributed by atoms with E-state index in [4.69, 9.17) is 0 Å². The van der Waals surface area contributed by atoms with Gasteiger partial charge < -0.3 is 15.2 Å². The molecule has 1 amide bonds. The van der Waals surface area contributed by atoms with Crippen molar-refractivity contribution in [2.45, 2.75) is 45.4 Å². The molecule has 0 saturated carbocycles. The van der Waals surface area contributed by atoms with Crippen LogP contribution in [0.15, 0.2) is 29.6 Å². The largest absolute Gasteiger partial charge is 0.550 e. The van der Waals surface area contributed by atoms with Crippen molar-refractivity contribution in [2.75, 3.05) is 5.32 Å². The zero-order valence-electron chi connectivity index (χ0n) is 13.9. The number of hydrogen-bond donors (Lipinski definition) is 1. The van der Waals surface area contributed by atoms with Crippen LogP contribution in [0.1, 0.15) is 51.0 Å². The number of benzene rings is 1. The van der Waals surface area contributed by atoms with E-state index in [2.05, 4.69) is 36.3 Å². The van der Waals surface area contributed by atoms with Crippen molar-refractivity contribution in [3.8, 4) is 11.3 Å². The molecule has 0 radical (unpaired) electrons. The van der Waals surface area contributed by atoms with E-state index in [0.717, 1.165) is 17.7 Å². The van der Waals surface area contributed by atoms with E-state index >= 15 is 0 Å². The highest BCUT2D eigenvalue weighted by molar-refractivity contribution is 7.14. The first-order valence-corrected chi connectivity index (χ1v) is 8.93. The monoisotopic (exact) mass is 345 g/mol. The van der Waals surface area contributed by atoms with E-state index in [1.165, 1.54) is 16.9 Å². The maximum absolute atomic E-state index is 11.7. The number of carbonyl (C=O) groups excluding carboxylic acids is 2. The molecular formula is C18H21N2O3S-. The van der Waals surface area contributed by atoms with Gasteiger partial charge in [0.1, 0.15) is 0 Å². The second-order valence-electron chi connectivity index (χ2n) is 5.74. The van der Waals surface area contributed by atoms with Gasteiger partial charge in [-0.2, -0.15) is 0 Å². The molecule has 5 nitrogen and oxygen atoms in total. The number of carboxylic acids is 1. The lowest BCUT2D eigenvalue weighted by atomic mass is 9.97. The number of anilines is 1.